The summed E-state index contributed by atoms with van der Waals surface area (Å²) in [5.74, 6) is 1.71. The van der Waals surface area contributed by atoms with Crippen LogP contribution >= 0.6 is 11.8 Å². The molecule has 0 bridgehead atoms. The topological polar surface area (TPSA) is 34.1 Å². The van der Waals surface area contributed by atoms with E-state index in [2.05, 4.69) is 13.8 Å². The highest BCUT2D eigenvalue weighted by Gasteiger charge is 2.06. The van der Waals surface area contributed by atoms with Crippen LogP contribution in [0.2, 0.25) is 0 Å². The molecule has 0 radical (unpaired) electrons. The summed E-state index contributed by atoms with van der Waals surface area (Å²) in [5, 5.41) is -0.121. The molecule has 1 unspecified atom stereocenters. The van der Waals surface area contributed by atoms with Crippen molar-refractivity contribution in [2.45, 2.75) is 38.4 Å². The zero-order chi connectivity index (χ0) is 10.1. The molecule has 0 spiro atoms. The molecule has 1 atom stereocenters. The Labute approximate surface area is 84.5 Å². The second-order valence-electron chi connectivity index (χ2n) is 3.48. The maximum atomic E-state index is 10.4. The zero-order valence-corrected chi connectivity index (χ0v) is 9.18. The van der Waals surface area contributed by atoms with Crippen LogP contribution in [0.3, 0.4) is 0 Å². The van der Waals surface area contributed by atoms with Gasteiger partial charge in [0.05, 0.1) is 5.25 Å². The van der Waals surface area contributed by atoms with Crippen molar-refractivity contribution >= 4 is 24.3 Å². The molecular weight excluding hydrogens is 184 g/mol. The molecule has 0 aliphatic rings. The van der Waals surface area contributed by atoms with E-state index in [-0.39, 0.29) is 5.25 Å². The summed E-state index contributed by atoms with van der Waals surface area (Å²) >= 11 is 1.59. The second-order valence-corrected chi connectivity index (χ2v) is 4.83. The van der Waals surface area contributed by atoms with Crippen LogP contribution < -0.4 is 0 Å². The first-order valence-electron chi connectivity index (χ1n) is 4.71. The van der Waals surface area contributed by atoms with Gasteiger partial charge in [-0.2, -0.15) is 11.8 Å². The lowest BCUT2D eigenvalue weighted by atomic mass is 10.1. The second kappa shape index (κ2) is 8.30. The standard InChI is InChI=1S/C10H18O2S/c1-9(2)4-3-7-13-10(8-12)5-6-11/h6,8-10H,3-5,7H2,1-2H3. The summed E-state index contributed by atoms with van der Waals surface area (Å²) in [4.78, 5) is 20.6. The third-order valence-corrected chi connectivity index (χ3v) is 2.99. The number of aldehydes is 2. The normalized spacial score (nSPS) is 12.8. The Morgan fingerprint density at radius 1 is 1.31 bits per heavy atom. The van der Waals surface area contributed by atoms with Gasteiger partial charge in [0, 0.05) is 6.42 Å². The Balaban J connectivity index is 3.37. The van der Waals surface area contributed by atoms with Crippen molar-refractivity contribution < 1.29 is 9.59 Å². The Bertz CT molecular complexity index is 146. The van der Waals surface area contributed by atoms with E-state index in [0.29, 0.717) is 6.42 Å². The predicted octanol–water partition coefficient (Wildman–Crippen LogP) is 2.31. The van der Waals surface area contributed by atoms with E-state index >= 15 is 0 Å². The van der Waals surface area contributed by atoms with Crippen LogP contribution in [-0.4, -0.2) is 23.6 Å². The average Bonchev–Trinajstić information content (AvgIpc) is 2.10. The number of hydrogen-bond donors (Lipinski definition) is 0. The summed E-state index contributed by atoms with van der Waals surface area (Å²) < 4.78 is 0. The number of carbonyl (C=O) groups excluding carboxylic acids is 2. The van der Waals surface area contributed by atoms with Crippen LogP contribution in [-0.2, 0) is 9.59 Å². The SMILES string of the molecule is CC(C)CCCSC(C=O)CC=O. The van der Waals surface area contributed by atoms with E-state index in [9.17, 15) is 9.59 Å². The van der Waals surface area contributed by atoms with Gasteiger partial charge < -0.3 is 9.59 Å². The van der Waals surface area contributed by atoms with E-state index < -0.39 is 0 Å². The molecule has 0 saturated heterocycles. The fourth-order valence-electron chi connectivity index (χ4n) is 0.984. The van der Waals surface area contributed by atoms with Crippen LogP contribution in [0.1, 0.15) is 33.1 Å². The van der Waals surface area contributed by atoms with Crippen LogP contribution in [0.5, 0.6) is 0 Å². The van der Waals surface area contributed by atoms with Gasteiger partial charge in [0.1, 0.15) is 12.6 Å². The molecule has 0 aromatic carbocycles. The maximum absolute atomic E-state index is 10.4. The third kappa shape index (κ3) is 8.03. The Morgan fingerprint density at radius 2 is 2.00 bits per heavy atom. The van der Waals surface area contributed by atoms with Crippen LogP contribution in [0.25, 0.3) is 0 Å². The van der Waals surface area contributed by atoms with Crippen molar-refractivity contribution in [3.63, 3.8) is 0 Å². The van der Waals surface area contributed by atoms with Crippen molar-refractivity contribution in [2.24, 2.45) is 5.92 Å². The zero-order valence-electron chi connectivity index (χ0n) is 8.36. The summed E-state index contributed by atoms with van der Waals surface area (Å²) in [5.41, 5.74) is 0. The van der Waals surface area contributed by atoms with Crippen LogP contribution in [0.15, 0.2) is 0 Å². The molecule has 0 aliphatic heterocycles. The molecule has 0 N–H and O–H groups in total. The van der Waals surface area contributed by atoms with Gasteiger partial charge in [-0.3, -0.25) is 0 Å². The van der Waals surface area contributed by atoms with E-state index in [1.54, 1.807) is 11.8 Å². The first kappa shape index (κ1) is 12.7. The number of thioether (sulfide) groups is 1. The minimum Gasteiger partial charge on any atom is -0.303 e. The minimum atomic E-state index is -0.121. The lowest BCUT2D eigenvalue weighted by molar-refractivity contribution is -0.111. The first-order chi connectivity index (χ1) is 6.20. The minimum absolute atomic E-state index is 0.121. The molecule has 0 aromatic rings. The van der Waals surface area contributed by atoms with Crippen molar-refractivity contribution in [2.75, 3.05) is 5.75 Å². The monoisotopic (exact) mass is 202 g/mol. The van der Waals surface area contributed by atoms with Gasteiger partial charge in [-0.15, -0.1) is 0 Å². The van der Waals surface area contributed by atoms with Gasteiger partial charge in [-0.1, -0.05) is 20.3 Å². The third-order valence-electron chi connectivity index (χ3n) is 1.74. The highest BCUT2D eigenvalue weighted by molar-refractivity contribution is 8.00. The lowest BCUT2D eigenvalue weighted by Crippen LogP contribution is -2.06. The number of carbonyl (C=O) groups is 2. The Hall–Kier alpha value is -0.310. The molecule has 0 fully saturated rings. The molecule has 76 valence electrons. The number of hydrogen-bond acceptors (Lipinski definition) is 3. The fourth-order valence-corrected chi connectivity index (χ4v) is 1.91. The van der Waals surface area contributed by atoms with E-state index in [1.807, 2.05) is 0 Å². The molecular formula is C10H18O2S. The van der Waals surface area contributed by atoms with Gasteiger partial charge in [0.2, 0.25) is 0 Å². The van der Waals surface area contributed by atoms with Gasteiger partial charge in [-0.25, -0.2) is 0 Å². The average molecular weight is 202 g/mol. The van der Waals surface area contributed by atoms with E-state index in [1.165, 1.54) is 6.42 Å². The smallest absolute Gasteiger partial charge is 0.133 e. The molecule has 0 heterocycles. The van der Waals surface area contributed by atoms with Crippen LogP contribution in [0.4, 0.5) is 0 Å². The van der Waals surface area contributed by atoms with Crippen molar-refractivity contribution in [1.29, 1.82) is 0 Å². The molecule has 13 heavy (non-hydrogen) atoms. The molecule has 0 aliphatic carbocycles. The molecule has 0 saturated carbocycles. The predicted molar refractivity (Wildman–Crippen MR) is 57.1 cm³/mol. The van der Waals surface area contributed by atoms with Crippen molar-refractivity contribution in [1.82, 2.24) is 0 Å². The summed E-state index contributed by atoms with van der Waals surface area (Å²) in [6.07, 6.45) is 4.37. The number of rotatable bonds is 8. The molecule has 3 heteroatoms. The van der Waals surface area contributed by atoms with Gasteiger partial charge >= 0.3 is 0 Å². The fraction of sp³-hybridized carbons (Fsp3) is 0.800. The Morgan fingerprint density at radius 3 is 2.46 bits per heavy atom. The largest absolute Gasteiger partial charge is 0.303 e. The van der Waals surface area contributed by atoms with E-state index in [0.717, 1.165) is 30.7 Å². The van der Waals surface area contributed by atoms with Gasteiger partial charge in [0.25, 0.3) is 0 Å². The van der Waals surface area contributed by atoms with Crippen molar-refractivity contribution in [3.8, 4) is 0 Å². The molecule has 0 amide bonds. The summed E-state index contributed by atoms with van der Waals surface area (Å²) in [6.45, 7) is 4.38. The van der Waals surface area contributed by atoms with Crippen molar-refractivity contribution in [3.05, 3.63) is 0 Å². The van der Waals surface area contributed by atoms with Gasteiger partial charge in [-0.05, 0) is 18.1 Å². The first-order valence-corrected chi connectivity index (χ1v) is 5.76. The molecule has 0 aromatic heterocycles. The maximum Gasteiger partial charge on any atom is 0.133 e. The van der Waals surface area contributed by atoms with Gasteiger partial charge in [0.15, 0.2) is 0 Å². The van der Waals surface area contributed by atoms with E-state index in [4.69, 9.17) is 0 Å². The highest BCUT2D eigenvalue weighted by Crippen LogP contribution is 2.15. The highest BCUT2D eigenvalue weighted by atomic mass is 32.2. The van der Waals surface area contributed by atoms with Crippen LogP contribution in [0, 0.1) is 5.92 Å². The Kier molecular flexibility index (Phi) is 8.10. The summed E-state index contributed by atoms with van der Waals surface area (Å²) in [6, 6.07) is 0. The summed E-state index contributed by atoms with van der Waals surface area (Å²) in [7, 11) is 0. The quantitative estimate of drug-likeness (QED) is 0.447. The molecule has 2 nitrogen and oxygen atoms in total. The lowest BCUT2D eigenvalue weighted by Gasteiger charge is -2.07. The molecule has 0 rings (SSSR count).